The Morgan fingerprint density at radius 1 is 1.20 bits per heavy atom. The van der Waals surface area contributed by atoms with Gasteiger partial charge in [-0.05, 0) is 63.3 Å². The molecular weight excluding hydrogens is 251 g/mol. The van der Waals surface area contributed by atoms with Gasteiger partial charge in [0.2, 0.25) is 0 Å². The molecule has 0 bridgehead atoms. The van der Waals surface area contributed by atoms with E-state index < -0.39 is 0 Å². The van der Waals surface area contributed by atoms with Crippen molar-refractivity contribution in [2.45, 2.75) is 64.1 Å². The standard InChI is InChI=1S/C17H27FN2/c1-3-12-20(17-10-8-16(19)9-11-17)13(2)14-4-6-15(18)7-5-14/h4-7,13,16-17H,3,8-12,19H2,1-2H3. The fourth-order valence-electron chi connectivity index (χ4n) is 3.32. The first-order valence-corrected chi connectivity index (χ1v) is 7.88. The van der Waals surface area contributed by atoms with Crippen LogP contribution in [0.15, 0.2) is 24.3 Å². The Morgan fingerprint density at radius 2 is 1.80 bits per heavy atom. The molecule has 1 fully saturated rings. The van der Waals surface area contributed by atoms with Crippen molar-refractivity contribution in [3.63, 3.8) is 0 Å². The highest BCUT2D eigenvalue weighted by molar-refractivity contribution is 5.19. The molecule has 0 saturated heterocycles. The monoisotopic (exact) mass is 278 g/mol. The minimum atomic E-state index is -0.161. The summed E-state index contributed by atoms with van der Waals surface area (Å²) in [5.74, 6) is -0.161. The minimum Gasteiger partial charge on any atom is -0.328 e. The molecule has 1 saturated carbocycles. The number of benzene rings is 1. The van der Waals surface area contributed by atoms with E-state index in [4.69, 9.17) is 5.73 Å². The van der Waals surface area contributed by atoms with Gasteiger partial charge in [-0.3, -0.25) is 4.90 Å². The lowest BCUT2D eigenvalue weighted by molar-refractivity contribution is 0.107. The average Bonchev–Trinajstić information content (AvgIpc) is 2.46. The molecule has 20 heavy (non-hydrogen) atoms. The van der Waals surface area contributed by atoms with Crippen LogP contribution >= 0.6 is 0 Å². The first-order chi connectivity index (χ1) is 9.61. The van der Waals surface area contributed by atoms with Gasteiger partial charge in [-0.25, -0.2) is 4.39 Å². The lowest BCUT2D eigenvalue weighted by Gasteiger charge is -2.40. The number of hydrogen-bond acceptors (Lipinski definition) is 2. The Labute approximate surface area is 122 Å². The Hall–Kier alpha value is -0.930. The minimum absolute atomic E-state index is 0.161. The zero-order valence-corrected chi connectivity index (χ0v) is 12.7. The highest BCUT2D eigenvalue weighted by Gasteiger charge is 2.27. The maximum absolute atomic E-state index is 13.1. The van der Waals surface area contributed by atoms with Gasteiger partial charge >= 0.3 is 0 Å². The number of rotatable bonds is 5. The van der Waals surface area contributed by atoms with Crippen molar-refractivity contribution in [3.05, 3.63) is 35.6 Å². The predicted octanol–water partition coefficient (Wildman–Crippen LogP) is 3.87. The number of nitrogens with zero attached hydrogens (tertiary/aromatic N) is 1. The third-order valence-electron chi connectivity index (χ3n) is 4.54. The van der Waals surface area contributed by atoms with E-state index in [1.54, 1.807) is 12.1 Å². The zero-order chi connectivity index (χ0) is 14.5. The van der Waals surface area contributed by atoms with Crippen molar-refractivity contribution in [3.8, 4) is 0 Å². The van der Waals surface area contributed by atoms with Gasteiger partial charge in [0.1, 0.15) is 5.82 Å². The molecule has 3 heteroatoms. The van der Waals surface area contributed by atoms with Crippen LogP contribution in [-0.4, -0.2) is 23.5 Å². The molecule has 2 nitrogen and oxygen atoms in total. The van der Waals surface area contributed by atoms with Crippen molar-refractivity contribution in [1.82, 2.24) is 4.90 Å². The summed E-state index contributed by atoms with van der Waals surface area (Å²) < 4.78 is 13.1. The maximum Gasteiger partial charge on any atom is 0.123 e. The molecule has 1 aliphatic carbocycles. The summed E-state index contributed by atoms with van der Waals surface area (Å²) in [5.41, 5.74) is 7.22. The molecule has 1 aliphatic rings. The molecule has 1 aromatic carbocycles. The maximum atomic E-state index is 13.1. The molecule has 2 N–H and O–H groups in total. The van der Waals surface area contributed by atoms with E-state index in [1.807, 2.05) is 12.1 Å². The van der Waals surface area contributed by atoms with E-state index in [2.05, 4.69) is 18.7 Å². The van der Waals surface area contributed by atoms with Gasteiger partial charge in [0.15, 0.2) is 0 Å². The van der Waals surface area contributed by atoms with Gasteiger partial charge in [-0.1, -0.05) is 19.1 Å². The molecule has 0 spiro atoms. The Kier molecular flexibility index (Phi) is 5.55. The SMILES string of the molecule is CCCN(C1CCC(N)CC1)C(C)c1ccc(F)cc1. The average molecular weight is 278 g/mol. The molecule has 0 amide bonds. The third kappa shape index (κ3) is 3.80. The van der Waals surface area contributed by atoms with E-state index >= 15 is 0 Å². The van der Waals surface area contributed by atoms with Crippen molar-refractivity contribution < 1.29 is 4.39 Å². The summed E-state index contributed by atoms with van der Waals surface area (Å²) in [7, 11) is 0. The lowest BCUT2D eigenvalue weighted by atomic mass is 9.89. The number of hydrogen-bond donors (Lipinski definition) is 1. The van der Waals surface area contributed by atoms with Crippen LogP contribution in [-0.2, 0) is 0 Å². The molecule has 0 aromatic heterocycles. The number of nitrogens with two attached hydrogens (primary N) is 1. The Balaban J connectivity index is 2.08. The topological polar surface area (TPSA) is 29.3 Å². The summed E-state index contributed by atoms with van der Waals surface area (Å²) in [6.07, 6.45) is 5.77. The van der Waals surface area contributed by atoms with Crippen LogP contribution in [0, 0.1) is 5.82 Å². The lowest BCUT2D eigenvalue weighted by Crippen LogP contribution is -2.42. The second-order valence-electron chi connectivity index (χ2n) is 6.03. The first kappa shape index (κ1) is 15.5. The van der Waals surface area contributed by atoms with Gasteiger partial charge in [-0.15, -0.1) is 0 Å². The molecule has 1 aromatic rings. The van der Waals surface area contributed by atoms with Crippen LogP contribution in [0.25, 0.3) is 0 Å². The van der Waals surface area contributed by atoms with Gasteiger partial charge in [0.25, 0.3) is 0 Å². The van der Waals surface area contributed by atoms with Crippen molar-refractivity contribution in [2.75, 3.05) is 6.54 Å². The molecule has 0 aliphatic heterocycles. The van der Waals surface area contributed by atoms with E-state index in [0.29, 0.717) is 18.1 Å². The third-order valence-corrected chi connectivity index (χ3v) is 4.54. The van der Waals surface area contributed by atoms with Gasteiger partial charge in [-0.2, -0.15) is 0 Å². The molecule has 0 radical (unpaired) electrons. The van der Waals surface area contributed by atoms with E-state index in [1.165, 1.54) is 18.4 Å². The molecule has 1 unspecified atom stereocenters. The van der Waals surface area contributed by atoms with Crippen LogP contribution in [0.3, 0.4) is 0 Å². The fourth-order valence-corrected chi connectivity index (χ4v) is 3.32. The van der Waals surface area contributed by atoms with Gasteiger partial charge in [0, 0.05) is 18.1 Å². The highest BCUT2D eigenvalue weighted by Crippen LogP contribution is 2.30. The zero-order valence-electron chi connectivity index (χ0n) is 12.7. The summed E-state index contributed by atoms with van der Waals surface area (Å²) in [6, 6.07) is 8.30. The summed E-state index contributed by atoms with van der Waals surface area (Å²) in [5, 5.41) is 0. The molecule has 1 atom stereocenters. The quantitative estimate of drug-likeness (QED) is 0.886. The van der Waals surface area contributed by atoms with Gasteiger partial charge < -0.3 is 5.73 Å². The molecule has 2 rings (SSSR count). The van der Waals surface area contributed by atoms with Gasteiger partial charge in [0.05, 0.1) is 0 Å². The normalized spacial score (nSPS) is 24.9. The molecular formula is C17H27FN2. The van der Waals surface area contributed by atoms with Crippen LogP contribution in [0.5, 0.6) is 0 Å². The summed E-state index contributed by atoms with van der Waals surface area (Å²) >= 11 is 0. The summed E-state index contributed by atoms with van der Waals surface area (Å²) in [6.45, 7) is 5.55. The van der Waals surface area contributed by atoms with E-state index in [0.717, 1.165) is 25.8 Å². The van der Waals surface area contributed by atoms with Crippen LogP contribution < -0.4 is 5.73 Å². The smallest absolute Gasteiger partial charge is 0.123 e. The van der Waals surface area contributed by atoms with Crippen molar-refractivity contribution in [2.24, 2.45) is 5.73 Å². The van der Waals surface area contributed by atoms with Crippen LogP contribution in [0.2, 0.25) is 0 Å². The first-order valence-electron chi connectivity index (χ1n) is 7.88. The fraction of sp³-hybridized carbons (Fsp3) is 0.647. The van der Waals surface area contributed by atoms with Crippen molar-refractivity contribution >= 4 is 0 Å². The summed E-state index contributed by atoms with van der Waals surface area (Å²) in [4.78, 5) is 2.58. The molecule has 112 valence electrons. The predicted molar refractivity (Wildman–Crippen MR) is 82.0 cm³/mol. The Bertz CT molecular complexity index is 396. The number of halogens is 1. The van der Waals surface area contributed by atoms with Crippen molar-refractivity contribution in [1.29, 1.82) is 0 Å². The van der Waals surface area contributed by atoms with Crippen LogP contribution in [0.1, 0.15) is 57.6 Å². The second-order valence-corrected chi connectivity index (χ2v) is 6.03. The van der Waals surface area contributed by atoms with Crippen LogP contribution in [0.4, 0.5) is 4.39 Å². The Morgan fingerprint density at radius 3 is 2.35 bits per heavy atom. The second kappa shape index (κ2) is 7.19. The van der Waals surface area contributed by atoms with E-state index in [9.17, 15) is 4.39 Å². The largest absolute Gasteiger partial charge is 0.328 e. The highest BCUT2D eigenvalue weighted by atomic mass is 19.1. The molecule has 0 heterocycles. The van der Waals surface area contributed by atoms with E-state index in [-0.39, 0.29) is 5.82 Å².